The predicted molar refractivity (Wildman–Crippen MR) is 70.0 cm³/mol. The van der Waals surface area contributed by atoms with E-state index in [1.54, 1.807) is 11.8 Å². The van der Waals surface area contributed by atoms with Gasteiger partial charge in [-0.15, -0.1) is 0 Å². The van der Waals surface area contributed by atoms with Crippen LogP contribution in [0.1, 0.15) is 26.7 Å². The summed E-state index contributed by atoms with van der Waals surface area (Å²) in [5.74, 6) is 1.40. The molecule has 4 heteroatoms. The van der Waals surface area contributed by atoms with Crippen molar-refractivity contribution in [1.29, 1.82) is 0 Å². The van der Waals surface area contributed by atoms with Gasteiger partial charge in [0, 0.05) is 24.9 Å². The summed E-state index contributed by atoms with van der Waals surface area (Å²) in [5.41, 5.74) is -0.605. The van der Waals surface area contributed by atoms with E-state index in [1.165, 1.54) is 0 Å². The Morgan fingerprint density at radius 1 is 1.62 bits per heavy atom. The lowest BCUT2D eigenvalue weighted by Crippen LogP contribution is -2.46. The van der Waals surface area contributed by atoms with Gasteiger partial charge in [0.2, 0.25) is 0 Å². The fourth-order valence-electron chi connectivity index (χ4n) is 2.23. The molecule has 0 aromatic heterocycles. The van der Waals surface area contributed by atoms with Crippen LogP contribution < -0.4 is 5.32 Å². The maximum absolute atomic E-state index is 10.1. The molecule has 16 heavy (non-hydrogen) atoms. The summed E-state index contributed by atoms with van der Waals surface area (Å²) in [5, 5.41) is 13.6. The van der Waals surface area contributed by atoms with Crippen LogP contribution in [-0.4, -0.2) is 48.5 Å². The van der Waals surface area contributed by atoms with Gasteiger partial charge in [0.1, 0.15) is 0 Å². The monoisotopic (exact) mass is 247 g/mol. The molecule has 0 aromatic rings. The Morgan fingerprint density at radius 3 is 2.88 bits per heavy atom. The highest BCUT2D eigenvalue weighted by Gasteiger charge is 2.27. The van der Waals surface area contributed by atoms with Gasteiger partial charge in [-0.1, -0.05) is 6.92 Å². The topological polar surface area (TPSA) is 41.5 Å². The number of nitrogens with one attached hydrogen (secondary N) is 1. The first-order chi connectivity index (χ1) is 7.59. The molecule has 3 unspecified atom stereocenters. The van der Waals surface area contributed by atoms with Crippen molar-refractivity contribution in [2.24, 2.45) is 5.92 Å². The van der Waals surface area contributed by atoms with Crippen molar-refractivity contribution in [3.05, 3.63) is 0 Å². The van der Waals surface area contributed by atoms with E-state index in [0.717, 1.165) is 31.8 Å². The highest BCUT2D eigenvalue weighted by molar-refractivity contribution is 7.98. The maximum Gasteiger partial charge on any atom is 0.0833 e. The molecule has 3 atom stereocenters. The van der Waals surface area contributed by atoms with Crippen LogP contribution in [0, 0.1) is 5.92 Å². The number of rotatable bonds is 7. The van der Waals surface area contributed by atoms with Crippen LogP contribution in [0.25, 0.3) is 0 Å². The number of ether oxygens (including phenoxy) is 1. The lowest BCUT2D eigenvalue weighted by Gasteiger charge is -2.28. The van der Waals surface area contributed by atoms with Crippen molar-refractivity contribution < 1.29 is 9.84 Å². The van der Waals surface area contributed by atoms with Crippen LogP contribution in [0.3, 0.4) is 0 Å². The summed E-state index contributed by atoms with van der Waals surface area (Å²) in [6.07, 6.45) is 4.27. The van der Waals surface area contributed by atoms with Crippen molar-refractivity contribution in [2.75, 3.05) is 31.8 Å². The summed E-state index contributed by atoms with van der Waals surface area (Å²) in [7, 11) is 0. The van der Waals surface area contributed by atoms with E-state index >= 15 is 0 Å². The van der Waals surface area contributed by atoms with Crippen LogP contribution in [0.2, 0.25) is 0 Å². The molecule has 0 radical (unpaired) electrons. The van der Waals surface area contributed by atoms with Gasteiger partial charge in [0.05, 0.1) is 12.2 Å². The highest BCUT2D eigenvalue weighted by atomic mass is 32.2. The van der Waals surface area contributed by atoms with Crippen LogP contribution in [0.15, 0.2) is 0 Å². The Balaban J connectivity index is 2.32. The van der Waals surface area contributed by atoms with Crippen LogP contribution in [0.5, 0.6) is 0 Å². The summed E-state index contributed by atoms with van der Waals surface area (Å²) in [6, 6.07) is 0.482. The van der Waals surface area contributed by atoms with Gasteiger partial charge in [-0.25, -0.2) is 0 Å². The zero-order valence-electron chi connectivity index (χ0n) is 10.7. The molecule has 0 aromatic carbocycles. The summed E-state index contributed by atoms with van der Waals surface area (Å²) < 4.78 is 5.41. The van der Waals surface area contributed by atoms with E-state index in [0.29, 0.717) is 18.5 Å². The molecule has 1 aliphatic heterocycles. The number of thioether (sulfide) groups is 1. The minimum Gasteiger partial charge on any atom is -0.388 e. The Hall–Kier alpha value is 0.230. The van der Waals surface area contributed by atoms with Gasteiger partial charge in [-0.3, -0.25) is 0 Å². The maximum atomic E-state index is 10.1. The third-order valence-electron chi connectivity index (χ3n) is 3.17. The van der Waals surface area contributed by atoms with Crippen LogP contribution in [0.4, 0.5) is 0 Å². The number of hydrogen-bond acceptors (Lipinski definition) is 4. The van der Waals surface area contributed by atoms with E-state index in [4.69, 9.17) is 4.74 Å². The quantitative estimate of drug-likeness (QED) is 0.715. The summed E-state index contributed by atoms with van der Waals surface area (Å²) in [4.78, 5) is 0. The molecule has 0 spiro atoms. The average molecular weight is 247 g/mol. The van der Waals surface area contributed by atoms with Gasteiger partial charge in [-0.2, -0.15) is 11.8 Å². The predicted octanol–water partition coefficient (Wildman–Crippen LogP) is 1.51. The largest absolute Gasteiger partial charge is 0.388 e. The Labute approximate surface area is 103 Å². The molecule has 96 valence electrons. The molecular formula is C12H25NO2S. The van der Waals surface area contributed by atoms with E-state index in [1.807, 2.05) is 13.2 Å². The number of hydrogen-bond donors (Lipinski definition) is 2. The molecule has 1 saturated heterocycles. The van der Waals surface area contributed by atoms with Crippen molar-refractivity contribution >= 4 is 11.8 Å². The lowest BCUT2D eigenvalue weighted by atomic mass is 9.96. The first kappa shape index (κ1) is 14.3. The molecule has 0 aliphatic carbocycles. The standard InChI is InChI=1S/C12H25NO2S/c1-4-11(10-5-6-15-7-10)13-8-12(2,14)9-16-3/h10-11,13-14H,4-9H2,1-3H3. The minimum absolute atomic E-state index is 0.482. The van der Waals surface area contributed by atoms with Crippen LogP contribution in [-0.2, 0) is 4.74 Å². The molecular weight excluding hydrogens is 222 g/mol. The van der Waals surface area contributed by atoms with Crippen molar-refractivity contribution in [1.82, 2.24) is 5.32 Å². The zero-order chi connectivity index (χ0) is 12.0. The zero-order valence-corrected chi connectivity index (χ0v) is 11.5. The van der Waals surface area contributed by atoms with E-state index in [2.05, 4.69) is 12.2 Å². The van der Waals surface area contributed by atoms with E-state index in [-0.39, 0.29) is 0 Å². The first-order valence-electron chi connectivity index (χ1n) is 6.11. The Bertz CT molecular complexity index is 193. The SMILES string of the molecule is CCC(NCC(C)(O)CSC)C1CCOC1. The molecule has 2 N–H and O–H groups in total. The Morgan fingerprint density at radius 2 is 2.38 bits per heavy atom. The van der Waals surface area contributed by atoms with Gasteiger partial charge in [0.15, 0.2) is 0 Å². The van der Waals surface area contributed by atoms with E-state index < -0.39 is 5.60 Å². The van der Waals surface area contributed by atoms with Gasteiger partial charge in [0.25, 0.3) is 0 Å². The van der Waals surface area contributed by atoms with Gasteiger partial charge in [-0.05, 0) is 31.9 Å². The third-order valence-corrected chi connectivity index (χ3v) is 4.08. The van der Waals surface area contributed by atoms with Crippen molar-refractivity contribution in [2.45, 2.75) is 38.3 Å². The van der Waals surface area contributed by atoms with Crippen LogP contribution >= 0.6 is 11.8 Å². The second kappa shape index (κ2) is 6.84. The minimum atomic E-state index is -0.605. The fraction of sp³-hybridized carbons (Fsp3) is 1.00. The fourth-order valence-corrected chi connectivity index (χ4v) is 2.95. The average Bonchev–Trinajstić information content (AvgIpc) is 2.72. The third kappa shape index (κ3) is 4.62. The van der Waals surface area contributed by atoms with Gasteiger partial charge >= 0.3 is 0 Å². The molecule has 3 nitrogen and oxygen atoms in total. The summed E-state index contributed by atoms with van der Waals surface area (Å²) in [6.45, 7) is 6.52. The van der Waals surface area contributed by atoms with Crippen molar-refractivity contribution in [3.8, 4) is 0 Å². The molecule has 1 fully saturated rings. The van der Waals surface area contributed by atoms with Crippen molar-refractivity contribution in [3.63, 3.8) is 0 Å². The highest BCUT2D eigenvalue weighted by Crippen LogP contribution is 2.19. The van der Waals surface area contributed by atoms with Gasteiger partial charge < -0.3 is 15.2 Å². The van der Waals surface area contributed by atoms with E-state index in [9.17, 15) is 5.11 Å². The smallest absolute Gasteiger partial charge is 0.0833 e. The Kier molecular flexibility index (Phi) is 6.11. The second-order valence-electron chi connectivity index (χ2n) is 4.95. The summed E-state index contributed by atoms with van der Waals surface area (Å²) >= 11 is 1.69. The molecule has 1 aliphatic rings. The second-order valence-corrected chi connectivity index (χ2v) is 5.82. The molecule has 1 heterocycles. The first-order valence-corrected chi connectivity index (χ1v) is 7.51. The molecule has 0 bridgehead atoms. The number of aliphatic hydroxyl groups is 1. The normalized spacial score (nSPS) is 26.6. The molecule has 0 amide bonds. The molecule has 1 rings (SSSR count). The lowest BCUT2D eigenvalue weighted by molar-refractivity contribution is 0.0769. The molecule has 0 saturated carbocycles.